The minimum Gasteiger partial charge on any atom is -0.497 e. The molecule has 0 atom stereocenters. The molecule has 3 rings (SSSR count). The fourth-order valence-corrected chi connectivity index (χ4v) is 4.50. The highest BCUT2D eigenvalue weighted by molar-refractivity contribution is 7.89. The molecular weight excluding hydrogens is 430 g/mol. The third-order valence-electron chi connectivity index (χ3n) is 5.00. The number of ether oxygens (including phenoxy) is 2. The Morgan fingerprint density at radius 3 is 1.78 bits per heavy atom. The Bertz CT molecular complexity index is 1150. The first-order valence-corrected chi connectivity index (χ1v) is 11.5. The molecule has 0 aliphatic carbocycles. The van der Waals surface area contributed by atoms with E-state index in [4.69, 9.17) is 9.47 Å². The highest BCUT2D eigenvalue weighted by Crippen LogP contribution is 2.22. The Morgan fingerprint density at radius 2 is 1.38 bits per heavy atom. The van der Waals surface area contributed by atoms with Gasteiger partial charge in [0.15, 0.2) is 5.03 Å². The van der Waals surface area contributed by atoms with Crippen LogP contribution in [0.5, 0.6) is 11.5 Å². The molecule has 0 aliphatic heterocycles. The zero-order chi connectivity index (χ0) is 23.3. The van der Waals surface area contributed by atoms with Crippen LogP contribution in [0.25, 0.3) is 0 Å². The molecule has 0 fully saturated rings. The monoisotopic (exact) mass is 457 g/mol. The lowest BCUT2D eigenvalue weighted by Crippen LogP contribution is -2.32. The van der Waals surface area contributed by atoms with Crippen molar-refractivity contribution in [1.82, 2.24) is 13.9 Å². The Hall–Kier alpha value is -3.17. The second-order valence-corrected chi connectivity index (χ2v) is 9.42. The molecule has 0 spiro atoms. The van der Waals surface area contributed by atoms with Crippen LogP contribution in [0.3, 0.4) is 0 Å². The van der Waals surface area contributed by atoms with E-state index in [-0.39, 0.29) is 29.7 Å². The maximum atomic E-state index is 13.6. The van der Waals surface area contributed by atoms with Gasteiger partial charge in [-0.15, -0.1) is 0 Å². The summed E-state index contributed by atoms with van der Waals surface area (Å²) in [4.78, 5) is 16.0. The average Bonchev–Trinajstić information content (AvgIpc) is 2.79. The van der Waals surface area contributed by atoms with Crippen LogP contribution in [0.4, 0.5) is 0 Å². The molecule has 0 radical (unpaired) electrons. The van der Waals surface area contributed by atoms with Crippen molar-refractivity contribution in [2.75, 3.05) is 14.2 Å². The standard InChI is InChI=1S/C23H27N3O5S/c1-17(2)26-16-22(24-13-23(26)27)32(28,29)25(14-18-5-9-20(30-3)10-6-18)15-19-7-11-21(31-4)12-8-19/h5-13,16-17H,14-15H2,1-4H3. The summed E-state index contributed by atoms with van der Waals surface area (Å²) in [6, 6.07) is 14.2. The van der Waals surface area contributed by atoms with Crippen LogP contribution >= 0.6 is 0 Å². The van der Waals surface area contributed by atoms with Crippen molar-refractivity contribution in [2.45, 2.75) is 38.0 Å². The van der Waals surface area contributed by atoms with Gasteiger partial charge in [0.1, 0.15) is 11.5 Å². The van der Waals surface area contributed by atoms with Gasteiger partial charge in [0.2, 0.25) is 0 Å². The third kappa shape index (κ3) is 5.35. The molecule has 32 heavy (non-hydrogen) atoms. The maximum Gasteiger partial charge on any atom is 0.269 e. The predicted molar refractivity (Wildman–Crippen MR) is 121 cm³/mol. The molecule has 0 unspecified atom stereocenters. The molecular formula is C23H27N3O5S. The number of aromatic nitrogens is 2. The molecule has 0 N–H and O–H groups in total. The molecule has 9 heteroatoms. The molecule has 1 aromatic heterocycles. The van der Waals surface area contributed by atoms with E-state index < -0.39 is 10.0 Å². The smallest absolute Gasteiger partial charge is 0.269 e. The number of methoxy groups -OCH3 is 2. The number of hydrogen-bond acceptors (Lipinski definition) is 6. The summed E-state index contributed by atoms with van der Waals surface area (Å²) >= 11 is 0. The van der Waals surface area contributed by atoms with Crippen molar-refractivity contribution >= 4 is 10.0 Å². The SMILES string of the molecule is COc1ccc(CN(Cc2ccc(OC)cc2)S(=O)(=O)c2cn(C(C)C)c(=O)cn2)cc1. The molecule has 0 amide bonds. The van der Waals surface area contributed by atoms with Crippen molar-refractivity contribution in [3.05, 3.63) is 82.4 Å². The van der Waals surface area contributed by atoms with Crippen molar-refractivity contribution in [2.24, 2.45) is 0 Å². The summed E-state index contributed by atoms with van der Waals surface area (Å²) in [6.45, 7) is 3.87. The van der Waals surface area contributed by atoms with E-state index in [1.807, 2.05) is 38.1 Å². The fraction of sp³-hybridized carbons (Fsp3) is 0.304. The molecule has 0 bridgehead atoms. The van der Waals surface area contributed by atoms with E-state index in [2.05, 4.69) is 4.98 Å². The maximum absolute atomic E-state index is 13.6. The van der Waals surface area contributed by atoms with E-state index in [0.29, 0.717) is 11.5 Å². The third-order valence-corrected chi connectivity index (χ3v) is 6.68. The van der Waals surface area contributed by atoms with Crippen LogP contribution in [-0.4, -0.2) is 36.5 Å². The van der Waals surface area contributed by atoms with Crippen molar-refractivity contribution in [1.29, 1.82) is 0 Å². The van der Waals surface area contributed by atoms with E-state index >= 15 is 0 Å². The molecule has 2 aromatic carbocycles. The van der Waals surface area contributed by atoms with Gasteiger partial charge in [0, 0.05) is 25.3 Å². The van der Waals surface area contributed by atoms with Gasteiger partial charge < -0.3 is 14.0 Å². The predicted octanol–water partition coefficient (Wildman–Crippen LogP) is 3.23. The zero-order valence-corrected chi connectivity index (χ0v) is 19.4. The first kappa shape index (κ1) is 23.5. The van der Waals surface area contributed by atoms with Crippen LogP contribution in [0, 0.1) is 0 Å². The van der Waals surface area contributed by atoms with Crippen molar-refractivity contribution in [3.8, 4) is 11.5 Å². The first-order valence-electron chi connectivity index (χ1n) is 10.1. The van der Waals surface area contributed by atoms with Gasteiger partial charge in [-0.2, -0.15) is 4.31 Å². The van der Waals surface area contributed by atoms with E-state index in [9.17, 15) is 13.2 Å². The molecule has 0 aliphatic rings. The van der Waals surface area contributed by atoms with Crippen LogP contribution in [0.15, 0.2) is 70.7 Å². The van der Waals surface area contributed by atoms with Crippen LogP contribution in [0.2, 0.25) is 0 Å². The summed E-state index contributed by atoms with van der Waals surface area (Å²) in [5, 5.41) is -0.173. The van der Waals surface area contributed by atoms with E-state index in [1.54, 1.807) is 38.5 Å². The lowest BCUT2D eigenvalue weighted by atomic mass is 10.2. The first-order chi connectivity index (χ1) is 15.2. The van der Waals surface area contributed by atoms with Crippen LogP contribution in [0.1, 0.15) is 31.0 Å². The summed E-state index contributed by atoms with van der Waals surface area (Å²) in [5.74, 6) is 1.37. The average molecular weight is 458 g/mol. The Balaban J connectivity index is 2.00. The number of rotatable bonds is 9. The van der Waals surface area contributed by atoms with E-state index in [1.165, 1.54) is 15.1 Å². The lowest BCUT2D eigenvalue weighted by molar-refractivity contribution is 0.395. The van der Waals surface area contributed by atoms with Crippen molar-refractivity contribution in [3.63, 3.8) is 0 Å². The molecule has 1 heterocycles. The number of sulfonamides is 1. The number of benzene rings is 2. The quantitative estimate of drug-likeness (QED) is 0.490. The van der Waals surface area contributed by atoms with Gasteiger partial charge in [-0.05, 0) is 49.2 Å². The Labute approximate surface area is 188 Å². The van der Waals surface area contributed by atoms with Gasteiger partial charge in [0.25, 0.3) is 15.6 Å². The Morgan fingerprint density at radius 1 is 0.906 bits per heavy atom. The van der Waals surface area contributed by atoms with E-state index in [0.717, 1.165) is 17.3 Å². The second kappa shape index (κ2) is 9.97. The molecule has 0 saturated carbocycles. The largest absolute Gasteiger partial charge is 0.497 e. The van der Waals surface area contributed by atoms with Gasteiger partial charge in [-0.1, -0.05) is 24.3 Å². The summed E-state index contributed by atoms with van der Waals surface area (Å²) in [6.07, 6.45) is 2.35. The van der Waals surface area contributed by atoms with Gasteiger partial charge in [0.05, 0.1) is 20.4 Å². The summed E-state index contributed by atoms with van der Waals surface area (Å²) < 4.78 is 40.2. The van der Waals surface area contributed by atoms with Crippen LogP contribution < -0.4 is 15.0 Å². The highest BCUT2D eigenvalue weighted by Gasteiger charge is 2.27. The molecule has 8 nitrogen and oxygen atoms in total. The number of hydrogen-bond donors (Lipinski definition) is 0. The Kier molecular flexibility index (Phi) is 7.32. The van der Waals surface area contributed by atoms with Gasteiger partial charge >= 0.3 is 0 Å². The summed E-state index contributed by atoms with van der Waals surface area (Å²) in [5.41, 5.74) is 1.23. The van der Waals surface area contributed by atoms with Gasteiger partial charge in [-0.3, -0.25) is 4.79 Å². The highest BCUT2D eigenvalue weighted by atomic mass is 32.2. The summed E-state index contributed by atoms with van der Waals surface area (Å²) in [7, 11) is -0.853. The molecule has 0 saturated heterocycles. The second-order valence-electron chi connectivity index (χ2n) is 7.53. The minimum absolute atomic E-state index is 0.126. The normalized spacial score (nSPS) is 11.7. The van der Waals surface area contributed by atoms with Crippen LogP contribution in [-0.2, 0) is 23.1 Å². The molecule has 170 valence electrons. The topological polar surface area (TPSA) is 90.7 Å². The fourth-order valence-electron chi connectivity index (χ4n) is 3.17. The lowest BCUT2D eigenvalue weighted by Gasteiger charge is -2.23. The minimum atomic E-state index is -4.00. The molecule has 3 aromatic rings. The zero-order valence-electron chi connectivity index (χ0n) is 18.6. The number of nitrogens with zero attached hydrogens (tertiary/aromatic N) is 3. The van der Waals surface area contributed by atoms with Gasteiger partial charge in [-0.25, -0.2) is 13.4 Å². The van der Waals surface area contributed by atoms with Crippen molar-refractivity contribution < 1.29 is 17.9 Å².